The number of aliphatic carboxylic acids is 1. The van der Waals surface area contributed by atoms with E-state index in [4.69, 9.17) is 4.74 Å². The fourth-order valence-electron chi connectivity index (χ4n) is 6.21. The number of methoxy groups -OCH3 is 1. The molecular weight excluding hydrogens is 300 g/mol. The van der Waals surface area contributed by atoms with Crippen molar-refractivity contribution in [2.24, 2.45) is 22.7 Å². The molecule has 5 atom stereocenters. The molecule has 3 heteroatoms. The number of allylic oxidation sites excluding steroid dienone is 2. The van der Waals surface area contributed by atoms with Gasteiger partial charge < -0.3 is 9.84 Å². The van der Waals surface area contributed by atoms with Crippen LogP contribution in [-0.4, -0.2) is 24.3 Å². The first-order valence-electron chi connectivity index (χ1n) is 9.43. The fourth-order valence-corrected chi connectivity index (χ4v) is 6.21. The molecule has 1 fully saturated rings. The maximum atomic E-state index is 11.5. The summed E-state index contributed by atoms with van der Waals surface area (Å²) in [4.78, 5) is 11.5. The standard InChI is InChI=1S/C21H32O3/c1-5-14-7-8-16-15(11-14)17(24-4)12-18-20(2,13-19(22)23)9-6-10-21(16,18)3/h5,14,17-18H,1,6-13H2,2-4H3,(H,22,23)/t14-,17+,18-,20-,21+/m0/s1. The van der Waals surface area contributed by atoms with E-state index in [0.717, 1.165) is 32.1 Å². The van der Waals surface area contributed by atoms with E-state index in [9.17, 15) is 9.90 Å². The number of hydrogen-bond acceptors (Lipinski definition) is 2. The molecular formula is C21H32O3. The summed E-state index contributed by atoms with van der Waals surface area (Å²) in [5.41, 5.74) is 3.13. The average molecular weight is 332 g/mol. The number of rotatable bonds is 4. The topological polar surface area (TPSA) is 46.5 Å². The average Bonchev–Trinajstić information content (AvgIpc) is 2.53. The first-order valence-corrected chi connectivity index (χ1v) is 9.43. The number of hydrogen-bond donors (Lipinski definition) is 1. The Balaban J connectivity index is 2.03. The van der Waals surface area contributed by atoms with E-state index in [2.05, 4.69) is 26.5 Å². The van der Waals surface area contributed by atoms with Gasteiger partial charge in [0.2, 0.25) is 0 Å². The zero-order valence-electron chi connectivity index (χ0n) is 15.4. The van der Waals surface area contributed by atoms with Crippen molar-refractivity contribution in [1.29, 1.82) is 0 Å². The second kappa shape index (κ2) is 6.33. The van der Waals surface area contributed by atoms with Crippen LogP contribution >= 0.6 is 0 Å². The van der Waals surface area contributed by atoms with Crippen LogP contribution in [0.2, 0.25) is 0 Å². The van der Waals surface area contributed by atoms with Gasteiger partial charge in [0.15, 0.2) is 0 Å². The number of carboxylic acid groups (broad SMARTS) is 1. The van der Waals surface area contributed by atoms with E-state index in [1.165, 1.54) is 18.4 Å². The van der Waals surface area contributed by atoms with Gasteiger partial charge in [0.25, 0.3) is 0 Å². The van der Waals surface area contributed by atoms with Crippen LogP contribution < -0.4 is 0 Å². The Labute approximate surface area is 146 Å². The maximum Gasteiger partial charge on any atom is 0.303 e. The van der Waals surface area contributed by atoms with Crippen LogP contribution in [0, 0.1) is 22.7 Å². The first kappa shape index (κ1) is 17.7. The van der Waals surface area contributed by atoms with Gasteiger partial charge in [0.1, 0.15) is 0 Å². The van der Waals surface area contributed by atoms with Gasteiger partial charge in [-0.15, -0.1) is 6.58 Å². The number of carbonyl (C=O) groups is 1. The van der Waals surface area contributed by atoms with E-state index in [1.807, 2.05) is 7.11 Å². The van der Waals surface area contributed by atoms with Crippen LogP contribution in [-0.2, 0) is 9.53 Å². The molecule has 1 N–H and O–H groups in total. The third-order valence-electron chi connectivity index (χ3n) is 7.39. The third kappa shape index (κ3) is 2.75. The molecule has 0 spiro atoms. The molecule has 0 bridgehead atoms. The van der Waals surface area contributed by atoms with Crippen LogP contribution in [0.15, 0.2) is 23.8 Å². The van der Waals surface area contributed by atoms with Gasteiger partial charge in [-0.2, -0.15) is 0 Å². The van der Waals surface area contributed by atoms with Crippen molar-refractivity contribution in [1.82, 2.24) is 0 Å². The van der Waals surface area contributed by atoms with Crippen LogP contribution in [0.3, 0.4) is 0 Å². The monoisotopic (exact) mass is 332 g/mol. The highest BCUT2D eigenvalue weighted by Crippen LogP contribution is 2.63. The maximum absolute atomic E-state index is 11.5. The van der Waals surface area contributed by atoms with Crippen molar-refractivity contribution >= 4 is 5.97 Å². The Morgan fingerprint density at radius 1 is 1.42 bits per heavy atom. The molecule has 134 valence electrons. The van der Waals surface area contributed by atoms with Gasteiger partial charge in [-0.25, -0.2) is 0 Å². The van der Waals surface area contributed by atoms with Gasteiger partial charge in [0.05, 0.1) is 12.5 Å². The van der Waals surface area contributed by atoms with Crippen molar-refractivity contribution in [3.05, 3.63) is 23.8 Å². The number of ether oxygens (including phenoxy) is 1. The SMILES string of the molecule is C=C[C@H]1CCC2=C(C1)[C@H](OC)C[C@H]1[C@](C)(CC(=O)O)CCC[C@]21C. The van der Waals surface area contributed by atoms with Gasteiger partial charge in [-0.05, 0) is 66.8 Å². The molecule has 0 amide bonds. The quantitative estimate of drug-likeness (QED) is 0.739. The van der Waals surface area contributed by atoms with Gasteiger partial charge in [-0.3, -0.25) is 4.79 Å². The summed E-state index contributed by atoms with van der Waals surface area (Å²) in [7, 11) is 1.81. The fraction of sp³-hybridized carbons (Fsp3) is 0.762. The Bertz CT molecular complexity index is 563. The molecule has 0 radical (unpaired) electrons. The highest BCUT2D eigenvalue weighted by atomic mass is 16.5. The lowest BCUT2D eigenvalue weighted by Gasteiger charge is -2.58. The predicted octanol–water partition coefficient (Wildman–Crippen LogP) is 4.98. The summed E-state index contributed by atoms with van der Waals surface area (Å²) < 4.78 is 5.91. The zero-order chi connectivity index (χ0) is 17.5. The largest absolute Gasteiger partial charge is 0.481 e. The van der Waals surface area contributed by atoms with E-state index in [0.29, 0.717) is 11.8 Å². The van der Waals surface area contributed by atoms with Crippen LogP contribution in [0.25, 0.3) is 0 Å². The minimum Gasteiger partial charge on any atom is -0.481 e. The van der Waals surface area contributed by atoms with Crippen LogP contribution in [0.4, 0.5) is 0 Å². The number of carboxylic acids is 1. The molecule has 0 unspecified atom stereocenters. The molecule has 0 aromatic carbocycles. The third-order valence-corrected chi connectivity index (χ3v) is 7.39. The summed E-state index contributed by atoms with van der Waals surface area (Å²) in [6.45, 7) is 8.61. The normalized spacial score (nSPS) is 42.2. The summed E-state index contributed by atoms with van der Waals surface area (Å²) in [6.07, 6.45) is 10.2. The Hall–Kier alpha value is -1.09. The molecule has 3 nitrogen and oxygen atoms in total. The van der Waals surface area contributed by atoms with E-state index in [-0.39, 0.29) is 23.4 Å². The minimum absolute atomic E-state index is 0.122. The van der Waals surface area contributed by atoms with E-state index >= 15 is 0 Å². The van der Waals surface area contributed by atoms with Crippen molar-refractivity contribution in [3.8, 4) is 0 Å². The molecule has 1 saturated carbocycles. The second-order valence-corrected chi connectivity index (χ2v) is 8.75. The number of fused-ring (bicyclic) bond motifs is 2. The van der Waals surface area contributed by atoms with Crippen molar-refractivity contribution in [2.45, 2.75) is 71.3 Å². The lowest BCUT2D eigenvalue weighted by Crippen LogP contribution is -2.51. The molecule has 0 aromatic rings. The van der Waals surface area contributed by atoms with Crippen molar-refractivity contribution in [3.63, 3.8) is 0 Å². The Morgan fingerprint density at radius 2 is 2.17 bits per heavy atom. The predicted molar refractivity (Wildman–Crippen MR) is 95.8 cm³/mol. The summed E-state index contributed by atoms with van der Waals surface area (Å²) in [5, 5.41) is 9.47. The van der Waals surface area contributed by atoms with Crippen LogP contribution in [0.1, 0.15) is 65.2 Å². The van der Waals surface area contributed by atoms with Gasteiger partial charge in [-0.1, -0.05) is 31.9 Å². The molecule has 3 aliphatic rings. The van der Waals surface area contributed by atoms with Gasteiger partial charge in [0, 0.05) is 7.11 Å². The Kier molecular flexibility index (Phi) is 4.67. The molecule has 3 rings (SSSR count). The smallest absolute Gasteiger partial charge is 0.303 e. The first-order chi connectivity index (χ1) is 11.3. The second-order valence-electron chi connectivity index (χ2n) is 8.75. The molecule has 0 aromatic heterocycles. The van der Waals surface area contributed by atoms with E-state index < -0.39 is 5.97 Å². The molecule has 0 aliphatic heterocycles. The van der Waals surface area contributed by atoms with Crippen LogP contribution in [0.5, 0.6) is 0 Å². The zero-order valence-corrected chi connectivity index (χ0v) is 15.4. The lowest BCUT2D eigenvalue weighted by atomic mass is 9.47. The van der Waals surface area contributed by atoms with Gasteiger partial charge >= 0.3 is 5.97 Å². The van der Waals surface area contributed by atoms with E-state index in [1.54, 1.807) is 5.57 Å². The summed E-state index contributed by atoms with van der Waals surface area (Å²) >= 11 is 0. The summed E-state index contributed by atoms with van der Waals surface area (Å²) in [6, 6.07) is 0. The Morgan fingerprint density at radius 3 is 2.79 bits per heavy atom. The molecule has 0 saturated heterocycles. The summed E-state index contributed by atoms with van der Waals surface area (Å²) in [5.74, 6) is 0.306. The van der Waals surface area contributed by atoms with Crippen molar-refractivity contribution in [2.75, 3.05) is 7.11 Å². The highest BCUT2D eigenvalue weighted by Gasteiger charge is 2.55. The van der Waals surface area contributed by atoms with Crippen molar-refractivity contribution < 1.29 is 14.6 Å². The minimum atomic E-state index is -0.661. The lowest BCUT2D eigenvalue weighted by molar-refractivity contribution is -0.144. The molecule has 0 heterocycles. The molecule has 24 heavy (non-hydrogen) atoms. The molecule has 3 aliphatic carbocycles. The highest BCUT2D eigenvalue weighted by molar-refractivity contribution is 5.67.